The Morgan fingerprint density at radius 3 is 2.06 bits per heavy atom. The quantitative estimate of drug-likeness (QED) is 0.502. The van der Waals surface area contributed by atoms with Gasteiger partial charge in [0.05, 0.1) is 17.0 Å². The molecule has 3 aromatic rings. The summed E-state index contributed by atoms with van der Waals surface area (Å²) in [6.45, 7) is 1.72. The standard InChI is InChI=1S/C24H21ClN2O4S/c1-17(18-8-4-2-5-9-18)27(32(30,31)21-10-6-3-7-11-21)22-16-23(28)26(24(22)29)20-14-12-19(25)13-15-20/h2-15,17,22H,16H2,1H3. The van der Waals surface area contributed by atoms with Crippen molar-refractivity contribution in [3.63, 3.8) is 0 Å². The molecule has 1 aliphatic rings. The third-order valence-electron chi connectivity index (χ3n) is 5.50. The maximum absolute atomic E-state index is 13.7. The van der Waals surface area contributed by atoms with Crippen LogP contribution in [0.25, 0.3) is 0 Å². The molecule has 1 saturated heterocycles. The summed E-state index contributed by atoms with van der Waals surface area (Å²) >= 11 is 5.93. The van der Waals surface area contributed by atoms with Gasteiger partial charge in [0.15, 0.2) is 0 Å². The van der Waals surface area contributed by atoms with Crippen LogP contribution in [-0.4, -0.2) is 30.6 Å². The lowest BCUT2D eigenvalue weighted by atomic mass is 10.1. The summed E-state index contributed by atoms with van der Waals surface area (Å²) in [6.07, 6.45) is -0.245. The second kappa shape index (κ2) is 8.86. The number of hydrogen-bond donors (Lipinski definition) is 0. The normalized spacial score (nSPS) is 17.7. The van der Waals surface area contributed by atoms with Crippen LogP contribution in [0.4, 0.5) is 5.69 Å². The lowest BCUT2D eigenvalue weighted by molar-refractivity contribution is -0.122. The van der Waals surface area contributed by atoms with Crippen molar-refractivity contribution in [3.8, 4) is 0 Å². The van der Waals surface area contributed by atoms with Gasteiger partial charge in [-0.2, -0.15) is 4.31 Å². The van der Waals surface area contributed by atoms with Gasteiger partial charge in [0.25, 0.3) is 5.91 Å². The highest BCUT2D eigenvalue weighted by Crippen LogP contribution is 2.35. The van der Waals surface area contributed by atoms with Crippen LogP contribution in [0.15, 0.2) is 89.8 Å². The first-order valence-electron chi connectivity index (χ1n) is 10.1. The summed E-state index contributed by atoms with van der Waals surface area (Å²) in [5.74, 6) is -1.05. The summed E-state index contributed by atoms with van der Waals surface area (Å²) in [7, 11) is -4.09. The van der Waals surface area contributed by atoms with Gasteiger partial charge in [-0.3, -0.25) is 9.59 Å². The van der Waals surface area contributed by atoms with Crippen LogP contribution in [0.2, 0.25) is 5.02 Å². The zero-order valence-electron chi connectivity index (χ0n) is 17.3. The molecule has 0 spiro atoms. The van der Waals surface area contributed by atoms with Crippen molar-refractivity contribution in [2.24, 2.45) is 0 Å². The van der Waals surface area contributed by atoms with Crippen molar-refractivity contribution in [2.75, 3.05) is 4.90 Å². The Hall–Kier alpha value is -3.00. The van der Waals surface area contributed by atoms with Crippen molar-refractivity contribution in [2.45, 2.75) is 30.3 Å². The average Bonchev–Trinajstić information content (AvgIpc) is 3.09. The second-order valence-electron chi connectivity index (χ2n) is 7.50. The van der Waals surface area contributed by atoms with Crippen LogP contribution in [0, 0.1) is 0 Å². The molecule has 8 heteroatoms. The van der Waals surface area contributed by atoms with Gasteiger partial charge in [0.1, 0.15) is 6.04 Å². The van der Waals surface area contributed by atoms with Crippen molar-refractivity contribution in [1.29, 1.82) is 0 Å². The van der Waals surface area contributed by atoms with Gasteiger partial charge in [0.2, 0.25) is 15.9 Å². The number of nitrogens with zero attached hydrogens (tertiary/aromatic N) is 2. The van der Waals surface area contributed by atoms with Gasteiger partial charge >= 0.3 is 0 Å². The Morgan fingerprint density at radius 1 is 0.906 bits per heavy atom. The fourth-order valence-corrected chi connectivity index (χ4v) is 5.82. The number of hydrogen-bond acceptors (Lipinski definition) is 4. The Kier molecular flexibility index (Phi) is 6.15. The minimum Gasteiger partial charge on any atom is -0.274 e. The van der Waals surface area contributed by atoms with Crippen LogP contribution in [0.5, 0.6) is 0 Å². The van der Waals surface area contributed by atoms with E-state index in [1.807, 2.05) is 6.07 Å². The Labute approximate surface area is 192 Å². The van der Waals surface area contributed by atoms with Gasteiger partial charge in [0, 0.05) is 11.1 Å². The first kappa shape index (κ1) is 22.2. The Balaban J connectivity index is 1.79. The maximum atomic E-state index is 13.7. The molecule has 2 unspecified atom stereocenters. The molecule has 1 aliphatic heterocycles. The highest BCUT2D eigenvalue weighted by molar-refractivity contribution is 7.89. The van der Waals surface area contributed by atoms with E-state index in [0.717, 1.165) is 14.8 Å². The predicted octanol–water partition coefficient (Wildman–Crippen LogP) is 4.42. The van der Waals surface area contributed by atoms with Crippen molar-refractivity contribution < 1.29 is 18.0 Å². The topological polar surface area (TPSA) is 74.8 Å². The third-order valence-corrected chi connectivity index (χ3v) is 7.74. The van der Waals surface area contributed by atoms with Gasteiger partial charge in [-0.05, 0) is 48.9 Å². The molecule has 1 heterocycles. The van der Waals surface area contributed by atoms with E-state index in [1.54, 1.807) is 73.7 Å². The third kappa shape index (κ3) is 4.07. The largest absolute Gasteiger partial charge is 0.274 e. The number of carbonyl (C=O) groups excluding carboxylic acids is 2. The summed E-state index contributed by atoms with van der Waals surface area (Å²) in [4.78, 5) is 27.4. The van der Waals surface area contributed by atoms with Gasteiger partial charge in [-0.15, -0.1) is 0 Å². The molecule has 0 bridgehead atoms. The highest BCUT2D eigenvalue weighted by Gasteiger charge is 2.48. The number of benzene rings is 3. The lowest BCUT2D eigenvalue weighted by Crippen LogP contribution is -2.46. The summed E-state index contributed by atoms with van der Waals surface area (Å²) in [5.41, 5.74) is 1.08. The number of amides is 2. The monoisotopic (exact) mass is 468 g/mol. The smallest absolute Gasteiger partial charge is 0.252 e. The number of rotatable bonds is 6. The molecule has 0 aliphatic carbocycles. The van der Waals surface area contributed by atoms with Crippen LogP contribution in [0.3, 0.4) is 0 Å². The maximum Gasteiger partial charge on any atom is 0.252 e. The number of anilines is 1. The van der Waals surface area contributed by atoms with E-state index in [2.05, 4.69) is 0 Å². The molecular formula is C24H21ClN2O4S. The SMILES string of the molecule is CC(c1ccccc1)N(C1CC(=O)N(c2ccc(Cl)cc2)C1=O)S(=O)(=O)c1ccccc1. The van der Waals surface area contributed by atoms with Gasteiger partial charge in [-0.25, -0.2) is 13.3 Å². The molecule has 2 amide bonds. The van der Waals surface area contributed by atoms with E-state index < -0.39 is 33.9 Å². The average molecular weight is 469 g/mol. The molecule has 4 rings (SSSR count). The zero-order chi connectivity index (χ0) is 22.9. The Morgan fingerprint density at radius 2 is 1.47 bits per heavy atom. The first-order chi connectivity index (χ1) is 15.3. The van der Waals surface area contributed by atoms with Gasteiger partial charge < -0.3 is 0 Å². The fourth-order valence-electron chi connectivity index (χ4n) is 3.91. The molecule has 32 heavy (non-hydrogen) atoms. The number of halogens is 1. The first-order valence-corrected chi connectivity index (χ1v) is 11.9. The van der Waals surface area contributed by atoms with Crippen molar-refractivity contribution in [1.82, 2.24) is 4.31 Å². The summed E-state index contributed by atoms with van der Waals surface area (Å²) < 4.78 is 28.6. The van der Waals surface area contributed by atoms with E-state index in [4.69, 9.17) is 11.6 Å². The van der Waals surface area contributed by atoms with Crippen LogP contribution >= 0.6 is 11.6 Å². The molecular weight excluding hydrogens is 448 g/mol. The number of sulfonamides is 1. The van der Waals surface area contributed by atoms with Crippen molar-refractivity contribution >= 4 is 39.1 Å². The fraction of sp³-hybridized carbons (Fsp3) is 0.167. The Bertz CT molecular complexity index is 1230. The predicted molar refractivity (Wildman–Crippen MR) is 123 cm³/mol. The van der Waals surface area contributed by atoms with Crippen LogP contribution in [0.1, 0.15) is 24.9 Å². The number of carbonyl (C=O) groups is 2. The molecule has 2 atom stereocenters. The summed E-state index contributed by atoms with van der Waals surface area (Å²) in [6, 6.07) is 21.4. The molecule has 0 saturated carbocycles. The zero-order valence-corrected chi connectivity index (χ0v) is 18.8. The van der Waals surface area contributed by atoms with E-state index >= 15 is 0 Å². The molecule has 1 fully saturated rings. The molecule has 0 radical (unpaired) electrons. The minimum absolute atomic E-state index is 0.0629. The molecule has 0 N–H and O–H groups in total. The van der Waals surface area contributed by atoms with Gasteiger partial charge in [-0.1, -0.05) is 60.1 Å². The van der Waals surface area contributed by atoms with Crippen molar-refractivity contribution in [3.05, 3.63) is 95.5 Å². The van der Waals surface area contributed by atoms with E-state index in [0.29, 0.717) is 10.7 Å². The van der Waals surface area contributed by atoms with E-state index in [-0.39, 0.29) is 11.3 Å². The highest BCUT2D eigenvalue weighted by atomic mass is 35.5. The van der Waals surface area contributed by atoms with E-state index in [1.165, 1.54) is 12.1 Å². The molecule has 164 valence electrons. The number of imide groups is 1. The van der Waals surface area contributed by atoms with Crippen LogP contribution < -0.4 is 4.90 Å². The minimum atomic E-state index is -4.09. The molecule has 6 nitrogen and oxygen atoms in total. The molecule has 0 aromatic heterocycles. The lowest BCUT2D eigenvalue weighted by Gasteiger charge is -2.32. The van der Waals surface area contributed by atoms with Crippen LogP contribution in [-0.2, 0) is 19.6 Å². The van der Waals surface area contributed by atoms with E-state index in [9.17, 15) is 18.0 Å². The summed E-state index contributed by atoms with van der Waals surface area (Å²) in [5, 5.41) is 0.468. The molecule has 3 aromatic carbocycles. The second-order valence-corrected chi connectivity index (χ2v) is 9.78.